The van der Waals surface area contributed by atoms with Gasteiger partial charge < -0.3 is 0 Å². The van der Waals surface area contributed by atoms with Gasteiger partial charge in [-0.15, -0.1) is 0 Å². The van der Waals surface area contributed by atoms with E-state index < -0.39 is 0 Å². The van der Waals surface area contributed by atoms with Gasteiger partial charge in [0.2, 0.25) is 0 Å². The molecule has 0 fully saturated rings. The third-order valence-electron chi connectivity index (χ3n) is 4.82. The van der Waals surface area contributed by atoms with Crippen molar-refractivity contribution in [3.63, 3.8) is 0 Å². The van der Waals surface area contributed by atoms with E-state index in [0.717, 1.165) is 17.8 Å². The van der Waals surface area contributed by atoms with Crippen LogP contribution in [-0.2, 0) is 0 Å². The lowest BCUT2D eigenvalue weighted by molar-refractivity contribution is 0.245. The molecule has 0 aromatic rings. The van der Waals surface area contributed by atoms with Crippen LogP contribution < -0.4 is 0 Å². The van der Waals surface area contributed by atoms with Crippen molar-refractivity contribution >= 4 is 0 Å². The van der Waals surface area contributed by atoms with Gasteiger partial charge in [-0.1, -0.05) is 98.8 Å². The topological polar surface area (TPSA) is 0 Å². The van der Waals surface area contributed by atoms with E-state index in [1.54, 1.807) is 0 Å². The molecule has 0 aliphatic heterocycles. The van der Waals surface area contributed by atoms with Crippen LogP contribution in [0.15, 0.2) is 0 Å². The van der Waals surface area contributed by atoms with Gasteiger partial charge in [0.15, 0.2) is 0 Å². The molecule has 0 aliphatic rings. The zero-order valence-electron chi connectivity index (χ0n) is 13.8. The molecular weight excluding hydrogens is 216 g/mol. The Morgan fingerprint density at radius 3 is 1.56 bits per heavy atom. The highest BCUT2D eigenvalue weighted by Gasteiger charge is 2.18. The minimum atomic E-state index is 0.909. The molecule has 3 unspecified atom stereocenters. The van der Waals surface area contributed by atoms with Gasteiger partial charge in [0.05, 0.1) is 0 Å². The number of hydrogen-bond acceptors (Lipinski definition) is 0. The summed E-state index contributed by atoms with van der Waals surface area (Å²) in [7, 11) is 0. The molecule has 0 spiro atoms. The molecule has 0 nitrogen and oxygen atoms in total. The summed E-state index contributed by atoms with van der Waals surface area (Å²) in [6.07, 6.45) is 14.3. The molecule has 0 heteroatoms. The first-order valence-electron chi connectivity index (χ1n) is 8.63. The van der Waals surface area contributed by atoms with Crippen molar-refractivity contribution in [1.82, 2.24) is 0 Å². The molecule has 0 heterocycles. The Labute approximate surface area is 117 Å². The van der Waals surface area contributed by atoms with E-state index in [0.29, 0.717) is 0 Å². The van der Waals surface area contributed by atoms with E-state index in [-0.39, 0.29) is 0 Å². The van der Waals surface area contributed by atoms with Crippen LogP contribution in [0.3, 0.4) is 0 Å². The Bertz CT molecular complexity index is 161. The van der Waals surface area contributed by atoms with Gasteiger partial charge in [0.25, 0.3) is 0 Å². The summed E-state index contributed by atoms with van der Waals surface area (Å²) in [4.78, 5) is 0. The van der Waals surface area contributed by atoms with Crippen LogP contribution in [0.1, 0.15) is 98.8 Å². The molecule has 18 heavy (non-hydrogen) atoms. The van der Waals surface area contributed by atoms with Gasteiger partial charge in [-0.3, -0.25) is 0 Å². The van der Waals surface area contributed by atoms with Crippen molar-refractivity contribution in [1.29, 1.82) is 0 Å². The molecule has 110 valence electrons. The van der Waals surface area contributed by atoms with Crippen LogP contribution in [-0.4, -0.2) is 0 Å². The fourth-order valence-corrected chi connectivity index (χ4v) is 2.86. The average molecular weight is 255 g/mol. The summed E-state index contributed by atoms with van der Waals surface area (Å²) < 4.78 is 0. The van der Waals surface area contributed by atoms with Gasteiger partial charge in [0.1, 0.15) is 0 Å². The van der Waals surface area contributed by atoms with E-state index in [1.807, 2.05) is 0 Å². The third-order valence-corrected chi connectivity index (χ3v) is 4.82. The van der Waals surface area contributed by atoms with E-state index in [9.17, 15) is 0 Å². The van der Waals surface area contributed by atoms with Crippen molar-refractivity contribution < 1.29 is 0 Å². The smallest absolute Gasteiger partial charge is 0.0391 e. The highest BCUT2D eigenvalue weighted by atomic mass is 14.2. The molecular formula is C18H38. The predicted octanol–water partition coefficient (Wildman–Crippen LogP) is 6.84. The summed E-state index contributed by atoms with van der Waals surface area (Å²) in [6.45, 7) is 12.0. The Balaban J connectivity index is 3.57. The Kier molecular flexibility index (Phi) is 12.1. The van der Waals surface area contributed by atoms with E-state index in [2.05, 4.69) is 34.6 Å². The highest BCUT2D eigenvalue weighted by molar-refractivity contribution is 4.68. The monoisotopic (exact) mass is 254 g/mol. The molecule has 3 atom stereocenters. The standard InChI is InChI=1S/C18H38/c1-6-8-10-11-12-13-15-17(4)18(5)16(3)14-9-7-2/h16-18H,6-15H2,1-5H3. The molecule has 0 aromatic heterocycles. The molecule has 0 aliphatic carbocycles. The molecule has 0 bridgehead atoms. The molecule has 0 aromatic carbocycles. The number of unbranched alkanes of at least 4 members (excludes halogenated alkanes) is 6. The second-order valence-corrected chi connectivity index (χ2v) is 6.51. The minimum Gasteiger partial charge on any atom is -0.0654 e. The van der Waals surface area contributed by atoms with Crippen LogP contribution in [0.4, 0.5) is 0 Å². The zero-order valence-corrected chi connectivity index (χ0v) is 13.8. The van der Waals surface area contributed by atoms with Crippen LogP contribution in [0, 0.1) is 17.8 Å². The van der Waals surface area contributed by atoms with Gasteiger partial charge in [-0.25, -0.2) is 0 Å². The summed E-state index contributed by atoms with van der Waals surface area (Å²) in [5, 5.41) is 0. The maximum Gasteiger partial charge on any atom is -0.0391 e. The average Bonchev–Trinajstić information content (AvgIpc) is 2.38. The fraction of sp³-hybridized carbons (Fsp3) is 1.00. The van der Waals surface area contributed by atoms with Crippen LogP contribution in [0.5, 0.6) is 0 Å². The van der Waals surface area contributed by atoms with E-state index in [1.165, 1.54) is 64.2 Å². The lowest BCUT2D eigenvalue weighted by Crippen LogP contribution is -2.16. The number of rotatable bonds is 12. The van der Waals surface area contributed by atoms with Gasteiger partial charge >= 0.3 is 0 Å². The zero-order chi connectivity index (χ0) is 13.8. The van der Waals surface area contributed by atoms with Crippen LogP contribution in [0.2, 0.25) is 0 Å². The second-order valence-electron chi connectivity index (χ2n) is 6.51. The highest BCUT2D eigenvalue weighted by Crippen LogP contribution is 2.28. The normalized spacial score (nSPS) is 16.5. The van der Waals surface area contributed by atoms with Crippen molar-refractivity contribution in [3.8, 4) is 0 Å². The van der Waals surface area contributed by atoms with E-state index >= 15 is 0 Å². The number of hydrogen-bond donors (Lipinski definition) is 0. The predicted molar refractivity (Wildman–Crippen MR) is 85.0 cm³/mol. The second kappa shape index (κ2) is 12.1. The third kappa shape index (κ3) is 9.00. The molecule has 0 amide bonds. The fourth-order valence-electron chi connectivity index (χ4n) is 2.86. The molecule has 0 rings (SSSR count). The molecule has 0 radical (unpaired) electrons. The molecule has 0 saturated heterocycles. The van der Waals surface area contributed by atoms with Gasteiger partial charge in [-0.2, -0.15) is 0 Å². The molecule has 0 saturated carbocycles. The van der Waals surface area contributed by atoms with Crippen molar-refractivity contribution in [3.05, 3.63) is 0 Å². The van der Waals surface area contributed by atoms with Crippen molar-refractivity contribution in [2.45, 2.75) is 98.8 Å². The minimum absolute atomic E-state index is 0.909. The van der Waals surface area contributed by atoms with Crippen LogP contribution >= 0.6 is 0 Å². The van der Waals surface area contributed by atoms with Crippen molar-refractivity contribution in [2.24, 2.45) is 17.8 Å². The Morgan fingerprint density at radius 1 is 0.556 bits per heavy atom. The van der Waals surface area contributed by atoms with E-state index in [4.69, 9.17) is 0 Å². The first-order valence-corrected chi connectivity index (χ1v) is 8.63. The first-order chi connectivity index (χ1) is 8.63. The summed E-state index contributed by atoms with van der Waals surface area (Å²) in [5.41, 5.74) is 0. The quantitative estimate of drug-likeness (QED) is 0.335. The SMILES string of the molecule is CCCCCCCCC(C)C(C)C(C)CCCC. The van der Waals surface area contributed by atoms with Gasteiger partial charge in [-0.05, 0) is 17.8 Å². The lowest BCUT2D eigenvalue weighted by atomic mass is 9.80. The van der Waals surface area contributed by atoms with Gasteiger partial charge in [0, 0.05) is 0 Å². The Hall–Kier alpha value is 0. The summed E-state index contributed by atoms with van der Waals surface area (Å²) in [6, 6.07) is 0. The first kappa shape index (κ1) is 18.0. The largest absolute Gasteiger partial charge is 0.0654 e. The summed E-state index contributed by atoms with van der Waals surface area (Å²) in [5.74, 6) is 2.75. The maximum atomic E-state index is 2.47. The lowest BCUT2D eigenvalue weighted by Gasteiger charge is -2.26. The molecule has 0 N–H and O–H groups in total. The maximum absolute atomic E-state index is 2.47. The van der Waals surface area contributed by atoms with Crippen molar-refractivity contribution in [2.75, 3.05) is 0 Å². The summed E-state index contributed by atoms with van der Waals surface area (Å²) >= 11 is 0. The Morgan fingerprint density at radius 2 is 1.00 bits per heavy atom. The van der Waals surface area contributed by atoms with Crippen LogP contribution in [0.25, 0.3) is 0 Å².